The zero-order chi connectivity index (χ0) is 29.2. The van der Waals surface area contributed by atoms with E-state index in [1.807, 2.05) is 73.7 Å². The number of ether oxygens (including phenoxy) is 1. The molecule has 2 aromatic heterocycles. The summed E-state index contributed by atoms with van der Waals surface area (Å²) in [5, 5.41) is 2.88. The molecule has 3 heterocycles. The van der Waals surface area contributed by atoms with Gasteiger partial charge in [0.05, 0.1) is 11.3 Å². The van der Waals surface area contributed by atoms with Crippen LogP contribution >= 0.6 is 24.0 Å². The molecule has 0 aliphatic carbocycles. The molecule has 10 heteroatoms. The van der Waals surface area contributed by atoms with Gasteiger partial charge >= 0.3 is 0 Å². The smallest absolute Gasteiger partial charge is 0.270 e. The standard InChI is InChI=1S/C32H22N4O4S2/c1-20-12-17-27-33-29(42-24-10-6-3-7-11-24)26(30(38)35(27)19-20)18-25-28(37)34-32(41)36(31(25)39)21-13-15-23(16-14-21)40-22-8-4-2-5-9-22/h2-19H,1H3,(H,34,37,41). The predicted molar refractivity (Wildman–Crippen MR) is 166 cm³/mol. The fourth-order valence-corrected chi connectivity index (χ4v) is 5.56. The number of nitrogens with zero attached hydrogens (tertiary/aromatic N) is 3. The SMILES string of the molecule is Cc1ccc2nc(Sc3ccccc3)c(C=C3C(=O)NC(=S)N(c4ccc(Oc5ccccc5)cc4)C3=O)c(=O)n2c1. The molecule has 1 N–H and O–H groups in total. The summed E-state index contributed by atoms with van der Waals surface area (Å²) in [6.07, 6.45) is 2.97. The number of aryl methyl sites for hydroxylation is 1. The van der Waals surface area contributed by atoms with Crippen LogP contribution in [-0.2, 0) is 9.59 Å². The molecule has 1 aliphatic rings. The number of anilines is 1. The number of hydrogen-bond acceptors (Lipinski definition) is 7. The van der Waals surface area contributed by atoms with Crippen LogP contribution in [0, 0.1) is 6.92 Å². The zero-order valence-electron chi connectivity index (χ0n) is 22.2. The van der Waals surface area contributed by atoms with Gasteiger partial charge in [0.1, 0.15) is 27.7 Å². The lowest BCUT2D eigenvalue weighted by Crippen LogP contribution is -2.54. The summed E-state index contributed by atoms with van der Waals surface area (Å²) < 4.78 is 7.26. The molecule has 3 aromatic carbocycles. The molecule has 0 saturated carbocycles. The Bertz CT molecular complexity index is 1940. The summed E-state index contributed by atoms with van der Waals surface area (Å²) in [6.45, 7) is 1.86. The van der Waals surface area contributed by atoms with E-state index in [9.17, 15) is 14.4 Å². The van der Waals surface area contributed by atoms with Crippen molar-refractivity contribution in [3.63, 3.8) is 0 Å². The normalized spacial score (nSPS) is 14.4. The maximum Gasteiger partial charge on any atom is 0.270 e. The first-order chi connectivity index (χ1) is 20.4. The number of fused-ring (bicyclic) bond motifs is 1. The van der Waals surface area contributed by atoms with Gasteiger partial charge < -0.3 is 4.74 Å². The molecular formula is C32H22N4O4S2. The Labute approximate surface area is 250 Å². The van der Waals surface area contributed by atoms with E-state index in [1.165, 1.54) is 27.1 Å². The van der Waals surface area contributed by atoms with E-state index in [4.69, 9.17) is 21.9 Å². The predicted octanol–water partition coefficient (Wildman–Crippen LogP) is 5.78. The average Bonchev–Trinajstić information content (AvgIpc) is 2.99. The second kappa shape index (κ2) is 11.4. The first-order valence-electron chi connectivity index (χ1n) is 12.9. The Morgan fingerprint density at radius 2 is 1.52 bits per heavy atom. The third kappa shape index (κ3) is 5.45. The van der Waals surface area contributed by atoms with Gasteiger partial charge in [-0.3, -0.25) is 29.0 Å². The van der Waals surface area contributed by atoms with Crippen molar-refractivity contribution < 1.29 is 14.3 Å². The minimum Gasteiger partial charge on any atom is -0.457 e. The number of aromatic nitrogens is 2. The minimum absolute atomic E-state index is 0.0678. The molecule has 0 unspecified atom stereocenters. The van der Waals surface area contributed by atoms with Crippen LogP contribution < -0.4 is 20.5 Å². The van der Waals surface area contributed by atoms with Gasteiger partial charge in [0.25, 0.3) is 17.4 Å². The van der Waals surface area contributed by atoms with E-state index in [-0.39, 0.29) is 16.2 Å². The molecule has 42 heavy (non-hydrogen) atoms. The topological polar surface area (TPSA) is 93.0 Å². The summed E-state index contributed by atoms with van der Waals surface area (Å²) in [6, 6.07) is 29.1. The molecule has 6 rings (SSSR count). The molecule has 5 aromatic rings. The minimum atomic E-state index is -0.699. The van der Waals surface area contributed by atoms with Crippen LogP contribution in [0.15, 0.2) is 124 Å². The Hall–Kier alpha value is -5.06. The van der Waals surface area contributed by atoms with Crippen LogP contribution in [0.4, 0.5) is 5.69 Å². The zero-order valence-corrected chi connectivity index (χ0v) is 23.8. The third-order valence-corrected chi connectivity index (χ3v) is 7.69. The lowest BCUT2D eigenvalue weighted by atomic mass is 10.1. The number of carbonyl (C=O) groups excluding carboxylic acids is 2. The Balaban J connectivity index is 1.40. The van der Waals surface area contributed by atoms with Gasteiger partial charge in [-0.05, 0) is 85.4 Å². The second-order valence-electron chi connectivity index (χ2n) is 9.35. The van der Waals surface area contributed by atoms with Crippen molar-refractivity contribution in [2.24, 2.45) is 0 Å². The van der Waals surface area contributed by atoms with Crippen molar-refractivity contribution in [3.8, 4) is 11.5 Å². The molecule has 8 nitrogen and oxygen atoms in total. The first-order valence-corrected chi connectivity index (χ1v) is 14.1. The molecule has 0 radical (unpaired) electrons. The number of para-hydroxylation sites is 1. The number of amides is 2. The fraction of sp³-hybridized carbons (Fsp3) is 0.0312. The number of pyridine rings is 1. The van der Waals surface area contributed by atoms with Gasteiger partial charge in [0.2, 0.25) is 0 Å². The van der Waals surface area contributed by atoms with Crippen LogP contribution in [0.2, 0.25) is 0 Å². The van der Waals surface area contributed by atoms with Crippen LogP contribution in [0.5, 0.6) is 11.5 Å². The van der Waals surface area contributed by atoms with Gasteiger partial charge in [-0.2, -0.15) is 0 Å². The van der Waals surface area contributed by atoms with Crippen LogP contribution in [0.25, 0.3) is 11.7 Å². The second-order valence-corrected chi connectivity index (χ2v) is 10.8. The van der Waals surface area contributed by atoms with E-state index < -0.39 is 17.4 Å². The quantitative estimate of drug-likeness (QED) is 0.116. The van der Waals surface area contributed by atoms with Crippen LogP contribution in [0.1, 0.15) is 11.1 Å². The largest absolute Gasteiger partial charge is 0.457 e. The molecule has 0 spiro atoms. The highest BCUT2D eigenvalue weighted by Crippen LogP contribution is 2.31. The maximum absolute atomic E-state index is 13.8. The number of thiocarbonyl (C=S) groups is 1. The van der Waals surface area contributed by atoms with Gasteiger partial charge in [-0.25, -0.2) is 4.98 Å². The molecule has 206 valence electrons. The number of benzene rings is 3. The average molecular weight is 591 g/mol. The molecular weight excluding hydrogens is 569 g/mol. The number of carbonyl (C=O) groups is 2. The van der Waals surface area contributed by atoms with Crippen molar-refractivity contribution in [2.45, 2.75) is 16.8 Å². The molecule has 1 saturated heterocycles. The van der Waals surface area contributed by atoms with E-state index in [0.29, 0.717) is 27.9 Å². The molecule has 0 atom stereocenters. The summed E-state index contributed by atoms with van der Waals surface area (Å²) >= 11 is 6.64. The highest BCUT2D eigenvalue weighted by atomic mass is 32.2. The third-order valence-electron chi connectivity index (χ3n) is 6.39. The van der Waals surface area contributed by atoms with E-state index >= 15 is 0 Å². The Morgan fingerprint density at radius 1 is 0.857 bits per heavy atom. The monoisotopic (exact) mass is 590 g/mol. The number of nitrogens with one attached hydrogen (secondary N) is 1. The summed E-state index contributed by atoms with van der Waals surface area (Å²) in [5.41, 5.74) is 1.21. The van der Waals surface area contributed by atoms with Gasteiger partial charge in [-0.15, -0.1) is 0 Å². The molecule has 1 aliphatic heterocycles. The highest BCUT2D eigenvalue weighted by Gasteiger charge is 2.35. The first kappa shape index (κ1) is 27.1. The summed E-state index contributed by atoms with van der Waals surface area (Å²) in [7, 11) is 0. The van der Waals surface area contributed by atoms with Gasteiger partial charge in [0, 0.05) is 11.1 Å². The van der Waals surface area contributed by atoms with E-state index in [0.717, 1.165) is 10.5 Å². The summed E-state index contributed by atoms with van der Waals surface area (Å²) in [4.78, 5) is 47.4. The van der Waals surface area contributed by atoms with Crippen molar-refractivity contribution in [3.05, 3.63) is 130 Å². The van der Waals surface area contributed by atoms with Crippen LogP contribution in [0.3, 0.4) is 0 Å². The van der Waals surface area contributed by atoms with Crippen molar-refractivity contribution in [1.82, 2.24) is 14.7 Å². The Kier molecular flexibility index (Phi) is 7.39. The lowest BCUT2D eigenvalue weighted by Gasteiger charge is -2.29. The number of rotatable bonds is 6. The molecule has 0 bridgehead atoms. The van der Waals surface area contributed by atoms with Gasteiger partial charge in [-0.1, -0.05) is 54.2 Å². The Morgan fingerprint density at radius 3 is 2.24 bits per heavy atom. The van der Waals surface area contributed by atoms with Gasteiger partial charge in [0.15, 0.2) is 5.11 Å². The van der Waals surface area contributed by atoms with Crippen molar-refractivity contribution in [1.29, 1.82) is 0 Å². The molecule has 2 amide bonds. The highest BCUT2D eigenvalue weighted by molar-refractivity contribution is 7.99. The number of hydrogen-bond donors (Lipinski definition) is 1. The van der Waals surface area contributed by atoms with E-state index in [1.54, 1.807) is 36.5 Å². The van der Waals surface area contributed by atoms with Crippen molar-refractivity contribution in [2.75, 3.05) is 4.90 Å². The molecule has 1 fully saturated rings. The lowest BCUT2D eigenvalue weighted by molar-refractivity contribution is -0.122. The fourth-order valence-electron chi connectivity index (χ4n) is 4.36. The van der Waals surface area contributed by atoms with E-state index in [2.05, 4.69) is 5.32 Å². The maximum atomic E-state index is 13.8. The summed E-state index contributed by atoms with van der Waals surface area (Å²) in [5.74, 6) is -0.130. The van der Waals surface area contributed by atoms with Crippen molar-refractivity contribution >= 4 is 58.3 Å². The van der Waals surface area contributed by atoms with Crippen LogP contribution in [-0.4, -0.2) is 26.3 Å².